The van der Waals surface area contributed by atoms with Crippen molar-refractivity contribution in [1.29, 1.82) is 0 Å². The van der Waals surface area contributed by atoms with E-state index in [2.05, 4.69) is 0 Å². The Kier molecular flexibility index (Phi) is 4.46. The third-order valence-corrected chi connectivity index (χ3v) is 5.15. The average molecular weight is 301 g/mol. The van der Waals surface area contributed by atoms with Crippen LogP contribution in [0.15, 0.2) is 30.3 Å². The van der Waals surface area contributed by atoms with E-state index in [0.29, 0.717) is 18.9 Å². The molecule has 2 atom stereocenters. The number of carbonyl (C=O) groups is 2. The lowest BCUT2D eigenvalue weighted by Gasteiger charge is -2.26. The Labute approximate surface area is 131 Å². The lowest BCUT2D eigenvalue weighted by Crippen LogP contribution is -2.38. The summed E-state index contributed by atoms with van der Waals surface area (Å²) in [6.07, 6.45) is 6.21. The highest BCUT2D eigenvalue weighted by Gasteiger charge is 2.46. The van der Waals surface area contributed by atoms with Gasteiger partial charge in [0, 0.05) is 12.5 Å². The zero-order valence-corrected chi connectivity index (χ0v) is 12.8. The van der Waals surface area contributed by atoms with Gasteiger partial charge < -0.3 is 10.0 Å². The molecule has 1 aliphatic carbocycles. The monoisotopic (exact) mass is 301 g/mol. The molecule has 4 nitrogen and oxygen atoms in total. The first-order valence-electron chi connectivity index (χ1n) is 8.24. The fourth-order valence-electron chi connectivity index (χ4n) is 3.97. The molecule has 0 radical (unpaired) electrons. The fraction of sp³-hybridized carbons (Fsp3) is 0.556. The number of hydrogen-bond acceptors (Lipinski definition) is 2. The van der Waals surface area contributed by atoms with Gasteiger partial charge in [0.15, 0.2) is 0 Å². The van der Waals surface area contributed by atoms with Crippen molar-refractivity contribution in [2.45, 2.75) is 51.1 Å². The van der Waals surface area contributed by atoms with Gasteiger partial charge in [-0.05, 0) is 30.7 Å². The van der Waals surface area contributed by atoms with Crippen molar-refractivity contribution in [2.24, 2.45) is 11.8 Å². The smallest absolute Gasteiger partial charge is 0.326 e. The minimum Gasteiger partial charge on any atom is -0.480 e. The zero-order valence-electron chi connectivity index (χ0n) is 12.8. The summed E-state index contributed by atoms with van der Waals surface area (Å²) in [5.74, 6) is -0.542. The normalized spacial score (nSPS) is 26.4. The molecule has 1 heterocycles. The summed E-state index contributed by atoms with van der Waals surface area (Å²) in [5, 5.41) is 9.50. The van der Waals surface area contributed by atoms with Crippen LogP contribution in [-0.4, -0.2) is 27.9 Å². The highest BCUT2D eigenvalue weighted by molar-refractivity contribution is 5.89. The zero-order chi connectivity index (χ0) is 15.5. The van der Waals surface area contributed by atoms with E-state index in [4.69, 9.17) is 0 Å². The van der Waals surface area contributed by atoms with Gasteiger partial charge in [0.1, 0.15) is 6.04 Å². The van der Waals surface area contributed by atoms with Gasteiger partial charge in [-0.1, -0.05) is 49.6 Å². The molecule has 2 aliphatic rings. The van der Waals surface area contributed by atoms with Crippen molar-refractivity contribution in [3.63, 3.8) is 0 Å². The predicted molar refractivity (Wildman–Crippen MR) is 83.1 cm³/mol. The van der Waals surface area contributed by atoms with Crippen LogP contribution in [0.4, 0.5) is 0 Å². The predicted octanol–water partition coefficient (Wildman–Crippen LogP) is 3.07. The Morgan fingerprint density at radius 3 is 2.45 bits per heavy atom. The topological polar surface area (TPSA) is 57.6 Å². The van der Waals surface area contributed by atoms with Crippen LogP contribution in [0.1, 0.15) is 44.1 Å². The van der Waals surface area contributed by atoms with Crippen molar-refractivity contribution < 1.29 is 14.7 Å². The molecule has 1 aromatic rings. The summed E-state index contributed by atoms with van der Waals surface area (Å²) < 4.78 is 0. The molecule has 0 aromatic heterocycles. The molecule has 1 saturated heterocycles. The first kappa shape index (κ1) is 15.1. The number of carbonyl (C=O) groups excluding carboxylic acids is 1. The second kappa shape index (κ2) is 6.51. The van der Waals surface area contributed by atoms with E-state index in [1.54, 1.807) is 4.90 Å². The van der Waals surface area contributed by atoms with Crippen molar-refractivity contribution in [1.82, 2.24) is 4.90 Å². The summed E-state index contributed by atoms with van der Waals surface area (Å²) in [7, 11) is 0. The number of amides is 1. The molecule has 4 heteroatoms. The molecule has 3 rings (SSSR count). The lowest BCUT2D eigenvalue weighted by atomic mass is 9.79. The quantitative estimate of drug-likeness (QED) is 0.930. The number of likely N-dealkylation sites (tertiary alicyclic amines) is 1. The summed E-state index contributed by atoms with van der Waals surface area (Å²) in [5.41, 5.74) is 0.992. The Morgan fingerprint density at radius 2 is 1.82 bits per heavy atom. The van der Waals surface area contributed by atoms with Crippen LogP contribution >= 0.6 is 0 Å². The van der Waals surface area contributed by atoms with Crippen molar-refractivity contribution >= 4 is 11.9 Å². The number of aliphatic carboxylic acids is 1. The Morgan fingerprint density at radius 1 is 1.14 bits per heavy atom. The number of carboxylic acids is 1. The summed E-state index contributed by atoms with van der Waals surface area (Å²) in [6.45, 7) is 0.403. The van der Waals surface area contributed by atoms with Crippen molar-refractivity contribution in [3.05, 3.63) is 35.9 Å². The lowest BCUT2D eigenvalue weighted by molar-refractivity contribution is -0.147. The fourth-order valence-corrected chi connectivity index (χ4v) is 3.97. The van der Waals surface area contributed by atoms with Gasteiger partial charge in [-0.2, -0.15) is 0 Å². The third kappa shape index (κ3) is 3.01. The summed E-state index contributed by atoms with van der Waals surface area (Å²) in [4.78, 5) is 25.9. The largest absolute Gasteiger partial charge is 0.480 e. The van der Waals surface area contributed by atoms with E-state index < -0.39 is 12.0 Å². The van der Waals surface area contributed by atoms with Gasteiger partial charge in [-0.3, -0.25) is 4.79 Å². The van der Waals surface area contributed by atoms with Crippen LogP contribution in [0.2, 0.25) is 0 Å². The molecule has 2 fully saturated rings. The molecule has 22 heavy (non-hydrogen) atoms. The molecule has 1 aromatic carbocycles. The molecule has 1 N–H and O–H groups in total. The van der Waals surface area contributed by atoms with E-state index in [0.717, 1.165) is 18.4 Å². The Bertz CT molecular complexity index is 537. The minimum absolute atomic E-state index is 0.0446. The summed E-state index contributed by atoms with van der Waals surface area (Å²) in [6, 6.07) is 8.99. The van der Waals surface area contributed by atoms with E-state index in [1.165, 1.54) is 19.3 Å². The van der Waals surface area contributed by atoms with Gasteiger partial charge in [-0.15, -0.1) is 0 Å². The maximum absolute atomic E-state index is 12.8. The molecule has 1 saturated carbocycles. The second-order valence-electron chi connectivity index (χ2n) is 6.55. The molecule has 1 aliphatic heterocycles. The number of carboxylic acid groups (broad SMARTS) is 1. The number of benzene rings is 1. The molecular formula is C18H23NO3. The van der Waals surface area contributed by atoms with Gasteiger partial charge in [0.25, 0.3) is 0 Å². The molecule has 0 spiro atoms. The van der Waals surface area contributed by atoms with E-state index >= 15 is 0 Å². The van der Waals surface area contributed by atoms with Crippen LogP contribution in [0.5, 0.6) is 0 Å². The van der Waals surface area contributed by atoms with E-state index in [9.17, 15) is 14.7 Å². The third-order valence-electron chi connectivity index (χ3n) is 5.15. The van der Waals surface area contributed by atoms with E-state index in [-0.39, 0.29) is 11.8 Å². The van der Waals surface area contributed by atoms with Gasteiger partial charge in [0.2, 0.25) is 5.91 Å². The molecule has 1 amide bonds. The molecule has 118 valence electrons. The number of hydrogen-bond donors (Lipinski definition) is 1. The Balaban J connectivity index is 1.77. The first-order valence-corrected chi connectivity index (χ1v) is 8.24. The summed E-state index contributed by atoms with van der Waals surface area (Å²) >= 11 is 0. The highest BCUT2D eigenvalue weighted by Crippen LogP contribution is 2.38. The first-order chi connectivity index (χ1) is 10.7. The standard InChI is InChI=1S/C18H23NO3/c20-17-15(14-9-5-2-6-10-14)11-16(18(21)22)19(17)12-13-7-3-1-4-8-13/h1,3-4,7-8,14-16H,2,5-6,9-12H2,(H,21,22)/t15-,16-/m0/s1. The highest BCUT2D eigenvalue weighted by atomic mass is 16.4. The van der Waals surface area contributed by atoms with Crippen LogP contribution in [0.25, 0.3) is 0 Å². The second-order valence-corrected chi connectivity index (χ2v) is 6.55. The van der Waals surface area contributed by atoms with Crippen LogP contribution < -0.4 is 0 Å². The average Bonchev–Trinajstić information content (AvgIpc) is 2.87. The van der Waals surface area contributed by atoms with Gasteiger partial charge in [-0.25, -0.2) is 4.79 Å². The van der Waals surface area contributed by atoms with Crippen LogP contribution in [0.3, 0.4) is 0 Å². The maximum Gasteiger partial charge on any atom is 0.326 e. The van der Waals surface area contributed by atoms with Gasteiger partial charge in [0.05, 0.1) is 0 Å². The number of rotatable bonds is 4. The molecule has 0 unspecified atom stereocenters. The van der Waals surface area contributed by atoms with Gasteiger partial charge >= 0.3 is 5.97 Å². The van der Waals surface area contributed by atoms with Crippen molar-refractivity contribution in [3.8, 4) is 0 Å². The minimum atomic E-state index is -0.873. The van der Waals surface area contributed by atoms with Crippen LogP contribution in [-0.2, 0) is 16.1 Å². The maximum atomic E-state index is 12.8. The Hall–Kier alpha value is -1.84. The molecule has 0 bridgehead atoms. The van der Waals surface area contributed by atoms with Crippen molar-refractivity contribution in [2.75, 3.05) is 0 Å². The SMILES string of the molecule is O=C(O)[C@@H]1C[C@@H](C2CCCCC2)C(=O)N1Cc1ccccc1. The van der Waals surface area contributed by atoms with Crippen LogP contribution in [0, 0.1) is 11.8 Å². The van der Waals surface area contributed by atoms with E-state index in [1.807, 2.05) is 30.3 Å². The number of nitrogens with zero attached hydrogens (tertiary/aromatic N) is 1. The molecular weight excluding hydrogens is 278 g/mol.